The van der Waals surface area contributed by atoms with Crippen molar-refractivity contribution in [3.63, 3.8) is 0 Å². The van der Waals surface area contributed by atoms with E-state index in [1.54, 1.807) is 0 Å². The number of imidazole rings is 1. The Balaban J connectivity index is 1.16. The summed E-state index contributed by atoms with van der Waals surface area (Å²) in [6.45, 7) is 6.52. The third kappa shape index (κ3) is 5.57. The van der Waals surface area contributed by atoms with Gasteiger partial charge in [0.25, 0.3) is 0 Å². The first-order valence-electron chi connectivity index (χ1n) is 16.3. The number of nitrogens with zero attached hydrogens (tertiary/aromatic N) is 3. The molecule has 2 aromatic carbocycles. The molecule has 2 aromatic heterocycles. The fourth-order valence-electron chi connectivity index (χ4n) is 7.48. The summed E-state index contributed by atoms with van der Waals surface area (Å²) in [5.41, 5.74) is 19.7. The molecule has 4 aromatic rings. The maximum atomic E-state index is 14.4. The van der Waals surface area contributed by atoms with Crippen molar-refractivity contribution < 1.29 is 30.7 Å². The van der Waals surface area contributed by atoms with Gasteiger partial charge in [-0.15, -0.1) is 0 Å². The van der Waals surface area contributed by atoms with Crippen LogP contribution in [-0.4, -0.2) is 48.8 Å². The van der Waals surface area contributed by atoms with E-state index in [1.165, 1.54) is 11.8 Å². The number of benzene rings is 2. The molecule has 0 spiro atoms. The van der Waals surface area contributed by atoms with Gasteiger partial charge in [0, 0.05) is 17.1 Å². The molecule has 0 bridgehead atoms. The molecule has 0 saturated heterocycles. The minimum absolute atomic E-state index is 0.0158. The number of aromatic nitrogens is 3. The van der Waals surface area contributed by atoms with Gasteiger partial charge in [0.15, 0.2) is 6.73 Å². The van der Waals surface area contributed by atoms with Gasteiger partial charge in [-0.05, 0) is 23.8 Å². The number of hydrogen-bond donors (Lipinski definition) is 3. The van der Waals surface area contributed by atoms with Gasteiger partial charge in [0.2, 0.25) is 0 Å². The summed E-state index contributed by atoms with van der Waals surface area (Å²) >= 11 is -0.0158. The SMILES string of the molecule is CCN(CC)[C@@H](C(=O)C1CCCC[C@H]1c1ncc(-c2ccc3c(c2)OCn2c-3cc3cc(/C(N)=C/N)ccc32)[nH]1)C1=CC=C[I-]C1. The van der Waals surface area contributed by atoms with Gasteiger partial charge < -0.3 is 20.8 Å². The van der Waals surface area contributed by atoms with Gasteiger partial charge in [0.1, 0.15) is 0 Å². The van der Waals surface area contributed by atoms with Crippen molar-refractivity contribution in [2.24, 2.45) is 17.4 Å². The molecule has 5 N–H and O–H groups in total. The predicted molar refractivity (Wildman–Crippen MR) is 180 cm³/mol. The number of nitrogens with two attached hydrogens (primary N) is 2. The summed E-state index contributed by atoms with van der Waals surface area (Å²) in [6.07, 6.45) is 11.8. The molecule has 46 heavy (non-hydrogen) atoms. The van der Waals surface area contributed by atoms with Crippen LogP contribution in [0, 0.1) is 5.92 Å². The first-order valence-corrected chi connectivity index (χ1v) is 19.1. The van der Waals surface area contributed by atoms with Crippen LogP contribution in [0.15, 0.2) is 76.7 Å². The van der Waals surface area contributed by atoms with E-state index >= 15 is 0 Å². The van der Waals surface area contributed by atoms with E-state index in [-0.39, 0.29) is 39.1 Å². The fourth-order valence-corrected chi connectivity index (χ4v) is 9.41. The van der Waals surface area contributed by atoms with Gasteiger partial charge in [-0.1, -0.05) is 6.07 Å². The molecule has 9 heteroatoms. The first kappa shape index (κ1) is 30.8. The Morgan fingerprint density at radius 1 is 1.17 bits per heavy atom. The zero-order valence-electron chi connectivity index (χ0n) is 26.5. The van der Waals surface area contributed by atoms with Crippen molar-refractivity contribution >= 4 is 22.4 Å². The van der Waals surface area contributed by atoms with Gasteiger partial charge in [-0.3, -0.25) is 0 Å². The fraction of sp³-hybridized carbons (Fsp3) is 0.351. The van der Waals surface area contributed by atoms with Crippen LogP contribution in [-0.2, 0) is 11.5 Å². The Bertz CT molecular complexity index is 1860. The number of halogens is 1. The quantitative estimate of drug-likeness (QED) is 0.180. The summed E-state index contributed by atoms with van der Waals surface area (Å²) < 4.78 is 11.8. The Kier molecular flexibility index (Phi) is 8.78. The van der Waals surface area contributed by atoms with Crippen molar-refractivity contribution in [2.75, 3.05) is 17.5 Å². The maximum absolute atomic E-state index is 14.4. The molecule has 7 rings (SSSR count). The van der Waals surface area contributed by atoms with Crippen molar-refractivity contribution in [1.82, 2.24) is 19.4 Å². The Hall–Kier alpha value is -3.83. The summed E-state index contributed by atoms with van der Waals surface area (Å²) in [6, 6.07) is 14.5. The molecular weight excluding hydrogens is 687 g/mol. The molecular formula is C37H42IN6O2-. The molecule has 3 aliphatic rings. The molecule has 4 heterocycles. The monoisotopic (exact) mass is 729 g/mol. The number of nitrogens with one attached hydrogen (secondary N) is 1. The van der Waals surface area contributed by atoms with E-state index in [2.05, 4.69) is 80.9 Å². The van der Waals surface area contributed by atoms with E-state index in [9.17, 15) is 4.79 Å². The van der Waals surface area contributed by atoms with Crippen LogP contribution in [0.3, 0.4) is 0 Å². The number of hydrogen-bond acceptors (Lipinski definition) is 6. The third-order valence-corrected chi connectivity index (χ3v) is 12.2. The van der Waals surface area contributed by atoms with Crippen molar-refractivity contribution in [3.05, 3.63) is 88.1 Å². The van der Waals surface area contributed by atoms with E-state index in [0.29, 0.717) is 18.2 Å². The van der Waals surface area contributed by atoms with Crippen LogP contribution in [0.25, 0.3) is 39.1 Å². The van der Waals surface area contributed by atoms with Gasteiger partial charge in [-0.2, -0.15) is 0 Å². The van der Waals surface area contributed by atoms with Gasteiger partial charge in [-0.25, -0.2) is 0 Å². The number of ether oxygens (including phenoxy) is 1. The molecule has 1 unspecified atom stereocenters. The van der Waals surface area contributed by atoms with E-state index in [4.69, 9.17) is 21.2 Å². The number of rotatable bonds is 9. The summed E-state index contributed by atoms with van der Waals surface area (Å²) in [7, 11) is 0. The molecule has 1 aliphatic carbocycles. The standard InChI is InChI=1S/C37H42IN6O2/c1-3-43(4-2)35(25-8-7-15-38-19-25)36(45)27-9-5-6-10-28(27)37-41-21-31(42-37)24-11-13-29-33-17-26-16-23(30(40)20-39)12-14-32(26)44(33)22-46-34(29)18-24/h7-8,11-18,20-21,27-28,35H,3-6,9-10,19,22,39-40H2,1-2H3,(H,41,42)/q-1/b30-20-/t27?,28-,35-/m1/s1. The molecule has 0 amide bonds. The second-order valence-electron chi connectivity index (χ2n) is 12.4. The number of likely N-dealkylation sites (N-methyl/N-ethyl adjacent to an activating group) is 1. The van der Waals surface area contributed by atoms with Crippen LogP contribution in [0.4, 0.5) is 0 Å². The van der Waals surface area contributed by atoms with Crippen LogP contribution >= 0.6 is 0 Å². The number of carbonyl (C=O) groups is 1. The number of alkyl halides is 1. The van der Waals surface area contributed by atoms with Crippen LogP contribution in [0.1, 0.15) is 56.8 Å². The summed E-state index contributed by atoms with van der Waals surface area (Å²) in [5.74, 6) is 2.21. The average Bonchev–Trinajstić information content (AvgIpc) is 3.75. The molecule has 2 aliphatic heterocycles. The van der Waals surface area contributed by atoms with E-state index in [1.807, 2.05) is 12.3 Å². The Morgan fingerprint density at radius 2 is 2.02 bits per heavy atom. The normalized spacial score (nSPS) is 20.4. The predicted octanol–water partition coefficient (Wildman–Crippen LogP) is 3.36. The topological polar surface area (TPSA) is 115 Å². The molecule has 0 radical (unpaired) electrons. The number of fused-ring (bicyclic) bond motifs is 5. The van der Waals surface area contributed by atoms with Crippen molar-refractivity contribution in [2.45, 2.75) is 58.2 Å². The Morgan fingerprint density at radius 3 is 2.80 bits per heavy atom. The number of Topliss-reactive ketones (excluding diaryl/α,β-unsaturated/α-hetero) is 1. The number of ketones is 1. The van der Waals surface area contributed by atoms with E-state index < -0.39 is 0 Å². The summed E-state index contributed by atoms with van der Waals surface area (Å²) in [4.78, 5) is 25.3. The van der Waals surface area contributed by atoms with Gasteiger partial charge >= 0.3 is 191 Å². The van der Waals surface area contributed by atoms with E-state index in [0.717, 1.165) is 93.8 Å². The van der Waals surface area contributed by atoms with Crippen LogP contribution in [0.2, 0.25) is 0 Å². The third-order valence-electron chi connectivity index (χ3n) is 9.91. The second-order valence-corrected chi connectivity index (χ2v) is 14.8. The van der Waals surface area contributed by atoms with Crippen LogP contribution in [0.5, 0.6) is 5.75 Å². The first-order chi connectivity index (χ1) is 22.5. The zero-order valence-corrected chi connectivity index (χ0v) is 28.7. The number of aromatic amines is 1. The number of H-pyrrole nitrogens is 1. The Labute approximate surface area is 280 Å². The van der Waals surface area contributed by atoms with Crippen molar-refractivity contribution in [1.29, 1.82) is 0 Å². The number of carbonyl (C=O) groups excluding carboxylic acids is 1. The van der Waals surface area contributed by atoms with Crippen LogP contribution < -0.4 is 37.4 Å². The summed E-state index contributed by atoms with van der Waals surface area (Å²) in [5, 5.41) is 1.09. The minimum atomic E-state index is -0.130. The molecule has 1 fully saturated rings. The van der Waals surface area contributed by atoms with Crippen molar-refractivity contribution in [3.8, 4) is 28.3 Å². The second kappa shape index (κ2) is 13.1. The molecule has 240 valence electrons. The number of allylic oxidation sites excluding steroid dienone is 2. The zero-order chi connectivity index (χ0) is 31.8. The molecule has 8 nitrogen and oxygen atoms in total. The average molecular weight is 730 g/mol. The molecule has 3 atom stereocenters. The van der Waals surface area contributed by atoms with Gasteiger partial charge in [0.05, 0.1) is 16.9 Å². The molecule has 1 saturated carbocycles.